The smallest absolute Gasteiger partial charge is 0.308 e. The van der Waals surface area contributed by atoms with Gasteiger partial charge in [-0.1, -0.05) is 6.07 Å². The van der Waals surface area contributed by atoms with Crippen LogP contribution in [-0.4, -0.2) is 32.8 Å². The molecule has 0 aliphatic rings. The summed E-state index contributed by atoms with van der Waals surface area (Å²) < 4.78 is 15.3. The van der Waals surface area contributed by atoms with Gasteiger partial charge in [0.15, 0.2) is 11.5 Å². The van der Waals surface area contributed by atoms with Crippen LogP contribution in [0.15, 0.2) is 18.2 Å². The van der Waals surface area contributed by atoms with Crippen LogP contribution >= 0.6 is 0 Å². The predicted octanol–water partition coefficient (Wildman–Crippen LogP) is 1.53. The van der Waals surface area contributed by atoms with Crippen LogP contribution < -0.4 is 15.2 Å². The van der Waals surface area contributed by atoms with E-state index in [-0.39, 0.29) is 25.0 Å². The van der Waals surface area contributed by atoms with Gasteiger partial charge < -0.3 is 19.9 Å². The Kier molecular flexibility index (Phi) is 6.15. The zero-order valence-corrected chi connectivity index (χ0v) is 11.6. The molecule has 0 amide bonds. The topological polar surface area (TPSA) is 70.8 Å². The van der Waals surface area contributed by atoms with E-state index in [4.69, 9.17) is 15.2 Å². The van der Waals surface area contributed by atoms with Crippen molar-refractivity contribution in [2.24, 2.45) is 5.73 Å². The van der Waals surface area contributed by atoms with Gasteiger partial charge >= 0.3 is 5.97 Å². The third-order valence-electron chi connectivity index (χ3n) is 2.58. The van der Waals surface area contributed by atoms with Gasteiger partial charge in [0.1, 0.15) is 0 Å². The average Bonchev–Trinajstić information content (AvgIpc) is 2.38. The summed E-state index contributed by atoms with van der Waals surface area (Å²) in [6.45, 7) is 2.20. The Morgan fingerprint density at radius 1 is 1.32 bits per heavy atom. The number of methoxy groups -OCH3 is 2. The lowest BCUT2D eigenvalue weighted by molar-refractivity contribution is -0.141. The van der Waals surface area contributed by atoms with Crippen LogP contribution in [0, 0.1) is 0 Å². The molecule has 0 spiro atoms. The molecule has 0 saturated carbocycles. The molecular weight excluding hydrogens is 246 g/mol. The van der Waals surface area contributed by atoms with Gasteiger partial charge in [0.25, 0.3) is 0 Å². The van der Waals surface area contributed by atoms with Gasteiger partial charge in [0.2, 0.25) is 0 Å². The number of benzene rings is 1. The molecule has 0 aliphatic carbocycles. The monoisotopic (exact) mass is 267 g/mol. The second-order valence-corrected chi connectivity index (χ2v) is 4.34. The molecular formula is C14H21NO4. The first-order chi connectivity index (χ1) is 9.06. The Bertz CT molecular complexity index is 418. The van der Waals surface area contributed by atoms with Gasteiger partial charge in [-0.2, -0.15) is 0 Å². The largest absolute Gasteiger partial charge is 0.493 e. The van der Waals surface area contributed by atoms with E-state index in [2.05, 4.69) is 4.74 Å². The normalized spacial score (nSPS) is 11.8. The van der Waals surface area contributed by atoms with Crippen LogP contribution in [0.5, 0.6) is 11.5 Å². The van der Waals surface area contributed by atoms with E-state index < -0.39 is 0 Å². The first-order valence-electron chi connectivity index (χ1n) is 6.19. The molecule has 5 nitrogen and oxygen atoms in total. The molecule has 0 aromatic heterocycles. The molecule has 1 rings (SSSR count). The second-order valence-electron chi connectivity index (χ2n) is 4.34. The fourth-order valence-corrected chi connectivity index (χ4v) is 1.68. The summed E-state index contributed by atoms with van der Waals surface area (Å²) in [6.07, 6.45) is 0.967. The molecule has 0 fully saturated rings. The zero-order valence-electron chi connectivity index (χ0n) is 11.6. The minimum atomic E-state index is -0.300. The summed E-state index contributed by atoms with van der Waals surface area (Å²) in [5.74, 6) is 0.952. The quantitative estimate of drug-likeness (QED) is 0.758. The highest BCUT2D eigenvalue weighted by Crippen LogP contribution is 2.28. The molecule has 106 valence electrons. The van der Waals surface area contributed by atoms with Crippen molar-refractivity contribution in [2.45, 2.75) is 25.8 Å². The zero-order chi connectivity index (χ0) is 14.3. The number of carbonyl (C=O) groups excluding carboxylic acids is 1. The highest BCUT2D eigenvalue weighted by atomic mass is 16.5. The van der Waals surface area contributed by atoms with Crippen molar-refractivity contribution < 1.29 is 19.0 Å². The molecule has 0 radical (unpaired) electrons. The average molecular weight is 267 g/mol. The second kappa shape index (κ2) is 7.63. The highest BCUT2D eigenvalue weighted by Gasteiger charge is 2.08. The summed E-state index contributed by atoms with van der Waals surface area (Å²) in [7, 11) is 2.93. The fourth-order valence-electron chi connectivity index (χ4n) is 1.68. The third-order valence-corrected chi connectivity index (χ3v) is 2.58. The summed E-state index contributed by atoms with van der Waals surface area (Å²) in [4.78, 5) is 11.0. The molecule has 1 aromatic rings. The van der Waals surface area contributed by atoms with E-state index in [1.807, 2.05) is 25.1 Å². The fraction of sp³-hybridized carbons (Fsp3) is 0.500. The van der Waals surface area contributed by atoms with Crippen LogP contribution in [-0.2, 0) is 16.0 Å². The number of hydrogen-bond acceptors (Lipinski definition) is 5. The Morgan fingerprint density at radius 3 is 2.63 bits per heavy atom. The highest BCUT2D eigenvalue weighted by molar-refractivity contribution is 5.69. The Morgan fingerprint density at radius 2 is 2.05 bits per heavy atom. The van der Waals surface area contributed by atoms with Crippen molar-refractivity contribution in [1.82, 2.24) is 0 Å². The van der Waals surface area contributed by atoms with Crippen LogP contribution in [0.1, 0.15) is 18.9 Å². The van der Waals surface area contributed by atoms with E-state index >= 15 is 0 Å². The number of nitrogens with two attached hydrogens (primary N) is 1. The van der Waals surface area contributed by atoms with Gasteiger partial charge in [-0.15, -0.1) is 0 Å². The molecule has 0 aliphatic heterocycles. The molecule has 0 heterocycles. The van der Waals surface area contributed by atoms with Gasteiger partial charge in [0, 0.05) is 6.04 Å². The van der Waals surface area contributed by atoms with Gasteiger partial charge in [-0.05, 0) is 31.0 Å². The van der Waals surface area contributed by atoms with Crippen LogP contribution in [0.4, 0.5) is 0 Å². The number of rotatable bonds is 7. The molecule has 0 saturated heterocycles. The summed E-state index contributed by atoms with van der Waals surface area (Å²) in [5, 5.41) is 0. The van der Waals surface area contributed by atoms with Gasteiger partial charge in [-0.3, -0.25) is 4.79 Å². The van der Waals surface area contributed by atoms with Gasteiger partial charge in [0.05, 0.1) is 27.2 Å². The summed E-state index contributed by atoms with van der Waals surface area (Å²) >= 11 is 0. The Hall–Kier alpha value is -1.75. The summed E-state index contributed by atoms with van der Waals surface area (Å²) in [5.41, 5.74) is 6.84. The third kappa shape index (κ3) is 5.18. The lowest BCUT2D eigenvalue weighted by atomic mass is 10.1. The first kappa shape index (κ1) is 15.3. The molecule has 2 N–H and O–H groups in total. The number of hydrogen-bond donors (Lipinski definition) is 1. The molecule has 0 bridgehead atoms. The van der Waals surface area contributed by atoms with Crippen molar-refractivity contribution in [3.8, 4) is 11.5 Å². The minimum Gasteiger partial charge on any atom is -0.493 e. The number of ether oxygens (including phenoxy) is 3. The van der Waals surface area contributed by atoms with Crippen LogP contribution in [0.3, 0.4) is 0 Å². The maximum Gasteiger partial charge on any atom is 0.308 e. The number of carbonyl (C=O) groups is 1. The van der Waals surface area contributed by atoms with E-state index in [9.17, 15) is 4.79 Å². The van der Waals surface area contributed by atoms with E-state index in [0.29, 0.717) is 11.5 Å². The Labute approximate surface area is 113 Å². The molecule has 5 heteroatoms. The first-order valence-corrected chi connectivity index (χ1v) is 6.19. The maximum atomic E-state index is 11.0. The SMILES string of the molecule is COC(=O)CCOc1cc(CC(C)N)ccc1OC. The maximum absolute atomic E-state index is 11.0. The molecule has 1 atom stereocenters. The van der Waals surface area contributed by atoms with Crippen molar-refractivity contribution in [3.05, 3.63) is 23.8 Å². The predicted molar refractivity (Wildman–Crippen MR) is 72.5 cm³/mol. The number of esters is 1. The lowest BCUT2D eigenvalue weighted by Gasteiger charge is -2.13. The molecule has 1 unspecified atom stereocenters. The van der Waals surface area contributed by atoms with E-state index in [1.54, 1.807) is 7.11 Å². The minimum absolute atomic E-state index is 0.0799. The van der Waals surface area contributed by atoms with Crippen molar-refractivity contribution in [3.63, 3.8) is 0 Å². The van der Waals surface area contributed by atoms with Crippen molar-refractivity contribution >= 4 is 5.97 Å². The van der Waals surface area contributed by atoms with E-state index in [0.717, 1.165) is 12.0 Å². The van der Waals surface area contributed by atoms with Crippen LogP contribution in [0.2, 0.25) is 0 Å². The molecule has 1 aromatic carbocycles. The lowest BCUT2D eigenvalue weighted by Crippen LogP contribution is -2.17. The van der Waals surface area contributed by atoms with E-state index in [1.165, 1.54) is 7.11 Å². The standard InChI is InChI=1S/C14H21NO4/c1-10(15)8-11-4-5-12(17-2)13(9-11)19-7-6-14(16)18-3/h4-5,9-10H,6-8,15H2,1-3H3. The van der Waals surface area contributed by atoms with Crippen LogP contribution in [0.25, 0.3) is 0 Å². The molecule has 19 heavy (non-hydrogen) atoms. The Balaban J connectivity index is 2.69. The van der Waals surface area contributed by atoms with Gasteiger partial charge in [-0.25, -0.2) is 0 Å². The summed E-state index contributed by atoms with van der Waals surface area (Å²) in [6, 6.07) is 5.76. The van der Waals surface area contributed by atoms with Crippen molar-refractivity contribution in [2.75, 3.05) is 20.8 Å². The van der Waals surface area contributed by atoms with Crippen molar-refractivity contribution in [1.29, 1.82) is 0 Å².